The summed E-state index contributed by atoms with van der Waals surface area (Å²) < 4.78 is 1.69. The summed E-state index contributed by atoms with van der Waals surface area (Å²) in [4.78, 5) is 12.5. The van der Waals surface area contributed by atoms with Crippen LogP contribution in [0.1, 0.15) is 32.4 Å². The molecule has 7 heteroatoms. The first-order chi connectivity index (χ1) is 9.49. The quantitative estimate of drug-likeness (QED) is 0.767. The number of fused-ring (bicyclic) bond motifs is 1. The van der Waals surface area contributed by atoms with Crippen molar-refractivity contribution < 1.29 is 4.79 Å². The molecule has 2 heterocycles. The Morgan fingerprint density at radius 1 is 1.45 bits per heavy atom. The van der Waals surface area contributed by atoms with E-state index >= 15 is 0 Å². The average Bonchev–Trinajstić information content (AvgIpc) is 2.96. The molecule has 0 aliphatic heterocycles. The fraction of sp³-hybridized carbons (Fsp3) is 0.615. The molecule has 0 atom stereocenters. The number of anilines is 1. The number of rotatable bonds is 5. The van der Waals surface area contributed by atoms with Gasteiger partial charge in [-0.3, -0.25) is 9.89 Å². The molecular formula is C13H22N6O. The lowest BCUT2D eigenvalue weighted by atomic mass is 9.81. The van der Waals surface area contributed by atoms with Crippen LogP contribution in [-0.2, 0) is 11.8 Å². The van der Waals surface area contributed by atoms with Gasteiger partial charge in [-0.05, 0) is 19.8 Å². The minimum Gasteiger partial charge on any atom is -0.329 e. The summed E-state index contributed by atoms with van der Waals surface area (Å²) in [7, 11) is 1.82. The van der Waals surface area contributed by atoms with Gasteiger partial charge in [0, 0.05) is 13.6 Å². The Morgan fingerprint density at radius 2 is 2.10 bits per heavy atom. The van der Waals surface area contributed by atoms with Gasteiger partial charge in [0.15, 0.2) is 5.65 Å². The second-order valence-electron chi connectivity index (χ2n) is 5.15. The number of hydrogen-bond donors (Lipinski definition) is 3. The number of carbonyl (C=O) groups excluding carboxylic acids is 1. The largest absolute Gasteiger partial charge is 0.329 e. The Kier molecular flexibility index (Phi) is 3.80. The van der Waals surface area contributed by atoms with Gasteiger partial charge in [0.2, 0.25) is 5.91 Å². The molecule has 0 fully saturated rings. The van der Waals surface area contributed by atoms with E-state index in [0.29, 0.717) is 25.2 Å². The summed E-state index contributed by atoms with van der Waals surface area (Å²) >= 11 is 0. The zero-order valence-electron chi connectivity index (χ0n) is 12.4. The summed E-state index contributed by atoms with van der Waals surface area (Å²) in [6, 6.07) is 0. The standard InChI is InChI=1S/C13H22N6O/c1-5-13(6-2,7-14)12(20)15-10-9-8(3)18-19(4)11(9)17-16-10/h5-7,14H2,1-4H3,(H2,15,16,17,20). The van der Waals surface area contributed by atoms with Crippen LogP contribution in [0.4, 0.5) is 5.82 Å². The van der Waals surface area contributed by atoms with Crippen LogP contribution in [0.2, 0.25) is 0 Å². The zero-order valence-corrected chi connectivity index (χ0v) is 12.4. The SMILES string of the molecule is CCC(CC)(CN)C(=O)Nc1[nH]nc2c1c(C)nn2C. The molecule has 2 rings (SSSR count). The highest BCUT2D eigenvalue weighted by atomic mass is 16.2. The molecule has 1 amide bonds. The Morgan fingerprint density at radius 3 is 2.65 bits per heavy atom. The van der Waals surface area contributed by atoms with Gasteiger partial charge in [0.25, 0.3) is 0 Å². The first-order valence-corrected chi connectivity index (χ1v) is 6.88. The predicted molar refractivity (Wildman–Crippen MR) is 78.3 cm³/mol. The highest BCUT2D eigenvalue weighted by Crippen LogP contribution is 2.29. The van der Waals surface area contributed by atoms with Crippen LogP contribution >= 0.6 is 0 Å². The van der Waals surface area contributed by atoms with Gasteiger partial charge in [0.05, 0.1) is 16.5 Å². The Bertz CT molecular complexity index is 614. The minimum absolute atomic E-state index is 0.0706. The van der Waals surface area contributed by atoms with Gasteiger partial charge in [-0.25, -0.2) is 4.68 Å². The third-order valence-electron chi connectivity index (χ3n) is 4.18. The van der Waals surface area contributed by atoms with Gasteiger partial charge < -0.3 is 11.1 Å². The van der Waals surface area contributed by atoms with E-state index in [1.807, 2.05) is 27.8 Å². The number of aromatic amines is 1. The number of amides is 1. The van der Waals surface area contributed by atoms with Gasteiger partial charge in [-0.15, -0.1) is 0 Å². The van der Waals surface area contributed by atoms with Crippen LogP contribution in [-0.4, -0.2) is 32.4 Å². The first-order valence-electron chi connectivity index (χ1n) is 6.88. The van der Waals surface area contributed by atoms with Crippen LogP contribution in [0.15, 0.2) is 0 Å². The normalized spacial score (nSPS) is 12.1. The molecule has 0 spiro atoms. The van der Waals surface area contributed by atoms with E-state index in [-0.39, 0.29) is 5.91 Å². The molecule has 0 radical (unpaired) electrons. The van der Waals surface area contributed by atoms with E-state index in [1.54, 1.807) is 4.68 Å². The molecule has 20 heavy (non-hydrogen) atoms. The van der Waals surface area contributed by atoms with Crippen molar-refractivity contribution in [3.8, 4) is 0 Å². The molecule has 2 aromatic heterocycles. The molecule has 2 aromatic rings. The third-order valence-corrected chi connectivity index (χ3v) is 4.18. The van der Waals surface area contributed by atoms with E-state index in [1.165, 1.54) is 0 Å². The minimum atomic E-state index is -0.534. The maximum absolute atomic E-state index is 12.5. The monoisotopic (exact) mass is 278 g/mol. The van der Waals surface area contributed by atoms with Crippen molar-refractivity contribution in [2.75, 3.05) is 11.9 Å². The van der Waals surface area contributed by atoms with E-state index in [4.69, 9.17) is 5.73 Å². The predicted octanol–water partition coefficient (Wildman–Crippen LogP) is 1.31. The number of aryl methyl sites for hydroxylation is 2. The number of nitrogens with two attached hydrogens (primary N) is 1. The van der Waals surface area contributed by atoms with Crippen LogP contribution in [0, 0.1) is 12.3 Å². The Hall–Kier alpha value is -1.89. The Balaban J connectivity index is 2.35. The number of carbonyl (C=O) groups is 1. The van der Waals surface area contributed by atoms with Gasteiger partial charge in [-0.1, -0.05) is 13.8 Å². The smallest absolute Gasteiger partial charge is 0.233 e. The van der Waals surface area contributed by atoms with E-state index < -0.39 is 5.41 Å². The summed E-state index contributed by atoms with van der Waals surface area (Å²) in [5, 5.41) is 15.1. The number of H-pyrrole nitrogens is 1. The van der Waals surface area contributed by atoms with Crippen molar-refractivity contribution in [3.63, 3.8) is 0 Å². The summed E-state index contributed by atoms with van der Waals surface area (Å²) in [5.74, 6) is 0.522. The van der Waals surface area contributed by atoms with E-state index in [0.717, 1.165) is 16.7 Å². The molecule has 0 bridgehead atoms. The second kappa shape index (κ2) is 5.24. The molecule has 0 saturated carbocycles. The molecule has 0 aliphatic carbocycles. The Labute approximate surface area is 117 Å². The highest BCUT2D eigenvalue weighted by Gasteiger charge is 2.34. The van der Waals surface area contributed by atoms with Crippen LogP contribution in [0.3, 0.4) is 0 Å². The van der Waals surface area contributed by atoms with E-state index in [9.17, 15) is 4.79 Å². The molecule has 0 saturated heterocycles. The van der Waals surface area contributed by atoms with Crippen molar-refractivity contribution in [2.45, 2.75) is 33.6 Å². The summed E-state index contributed by atoms with van der Waals surface area (Å²) in [6.45, 7) is 6.18. The lowest BCUT2D eigenvalue weighted by Crippen LogP contribution is -2.41. The van der Waals surface area contributed by atoms with Crippen molar-refractivity contribution >= 4 is 22.8 Å². The maximum atomic E-state index is 12.5. The maximum Gasteiger partial charge on any atom is 0.233 e. The number of aromatic nitrogens is 4. The summed E-state index contributed by atoms with van der Waals surface area (Å²) in [6.07, 6.45) is 1.41. The molecule has 7 nitrogen and oxygen atoms in total. The van der Waals surface area contributed by atoms with Gasteiger partial charge >= 0.3 is 0 Å². The van der Waals surface area contributed by atoms with Crippen molar-refractivity contribution in [1.29, 1.82) is 0 Å². The fourth-order valence-corrected chi connectivity index (χ4v) is 2.52. The molecule has 0 aromatic carbocycles. The first kappa shape index (κ1) is 14.5. The molecule has 0 aliphatic rings. The lowest BCUT2D eigenvalue weighted by Gasteiger charge is -2.28. The van der Waals surface area contributed by atoms with Gasteiger partial charge in [0.1, 0.15) is 5.82 Å². The average molecular weight is 278 g/mol. The zero-order chi connectivity index (χ0) is 14.9. The number of nitrogens with one attached hydrogen (secondary N) is 2. The van der Waals surface area contributed by atoms with Crippen molar-refractivity contribution in [3.05, 3.63) is 5.69 Å². The summed E-state index contributed by atoms with van der Waals surface area (Å²) in [5.41, 5.74) is 6.83. The lowest BCUT2D eigenvalue weighted by molar-refractivity contribution is -0.125. The molecular weight excluding hydrogens is 256 g/mol. The molecule has 4 N–H and O–H groups in total. The van der Waals surface area contributed by atoms with Crippen molar-refractivity contribution in [2.24, 2.45) is 18.2 Å². The van der Waals surface area contributed by atoms with Crippen molar-refractivity contribution in [1.82, 2.24) is 20.0 Å². The molecule has 110 valence electrons. The number of hydrogen-bond acceptors (Lipinski definition) is 4. The van der Waals surface area contributed by atoms with Crippen LogP contribution in [0.5, 0.6) is 0 Å². The fourth-order valence-electron chi connectivity index (χ4n) is 2.52. The van der Waals surface area contributed by atoms with E-state index in [2.05, 4.69) is 20.6 Å². The van der Waals surface area contributed by atoms with Crippen LogP contribution < -0.4 is 11.1 Å². The topological polar surface area (TPSA) is 102 Å². The highest BCUT2D eigenvalue weighted by molar-refractivity contribution is 6.02. The molecule has 0 unspecified atom stereocenters. The third kappa shape index (κ3) is 2.07. The number of nitrogens with zero attached hydrogens (tertiary/aromatic N) is 3. The van der Waals surface area contributed by atoms with Gasteiger partial charge in [-0.2, -0.15) is 10.2 Å². The second-order valence-corrected chi connectivity index (χ2v) is 5.15. The van der Waals surface area contributed by atoms with Crippen LogP contribution in [0.25, 0.3) is 11.0 Å².